The fourth-order valence-corrected chi connectivity index (χ4v) is 1.68. The van der Waals surface area contributed by atoms with Gasteiger partial charge < -0.3 is 10.6 Å². The van der Waals surface area contributed by atoms with Crippen LogP contribution in [0.4, 0.5) is 5.69 Å². The molecule has 1 rings (SSSR count). The van der Waals surface area contributed by atoms with Gasteiger partial charge in [0.1, 0.15) is 0 Å². The molecule has 1 aromatic rings. The first-order chi connectivity index (χ1) is 7.65. The van der Waals surface area contributed by atoms with Gasteiger partial charge in [0.25, 0.3) is 0 Å². The number of carbonyl (C=O) groups is 1. The van der Waals surface area contributed by atoms with Crippen molar-refractivity contribution < 1.29 is 4.79 Å². The summed E-state index contributed by atoms with van der Waals surface area (Å²) >= 11 is 3.43. The Balaban J connectivity index is 2.53. The molecule has 0 aliphatic rings. The second-order valence-electron chi connectivity index (χ2n) is 3.64. The maximum absolute atomic E-state index is 11.6. The summed E-state index contributed by atoms with van der Waals surface area (Å²) in [6.45, 7) is 5.27. The molecule has 0 unspecified atom stereocenters. The summed E-state index contributed by atoms with van der Waals surface area (Å²) in [7, 11) is 0. The lowest BCUT2D eigenvalue weighted by atomic mass is 10.2. The number of nitrogens with one attached hydrogen (secondary N) is 2. The van der Waals surface area contributed by atoms with E-state index in [1.807, 2.05) is 25.1 Å². The molecule has 0 fully saturated rings. The van der Waals surface area contributed by atoms with Crippen molar-refractivity contribution in [2.24, 2.45) is 0 Å². The molecule has 0 saturated carbocycles. The number of rotatable bonds is 5. The zero-order chi connectivity index (χ0) is 12.0. The van der Waals surface area contributed by atoms with E-state index >= 15 is 0 Å². The normalized spacial score (nSPS) is 10.2. The molecule has 2 N–H and O–H groups in total. The van der Waals surface area contributed by atoms with Crippen LogP contribution in [0.15, 0.2) is 22.7 Å². The quantitative estimate of drug-likeness (QED) is 0.817. The van der Waals surface area contributed by atoms with Crippen molar-refractivity contribution in [1.82, 2.24) is 5.32 Å². The van der Waals surface area contributed by atoms with Crippen LogP contribution in [-0.2, 0) is 4.79 Å². The first-order valence-corrected chi connectivity index (χ1v) is 6.20. The lowest BCUT2D eigenvalue weighted by Gasteiger charge is -2.09. The highest BCUT2D eigenvalue weighted by molar-refractivity contribution is 9.10. The largest absolute Gasteiger partial charge is 0.325 e. The van der Waals surface area contributed by atoms with Gasteiger partial charge in [-0.05, 0) is 37.6 Å². The van der Waals surface area contributed by atoms with E-state index in [0.29, 0.717) is 6.54 Å². The highest BCUT2D eigenvalue weighted by Crippen LogP contribution is 2.23. The second-order valence-corrected chi connectivity index (χ2v) is 4.49. The molecule has 1 amide bonds. The predicted molar refractivity (Wildman–Crippen MR) is 70.7 cm³/mol. The van der Waals surface area contributed by atoms with E-state index in [1.54, 1.807) is 0 Å². The van der Waals surface area contributed by atoms with Gasteiger partial charge in [-0.2, -0.15) is 0 Å². The molecule has 0 bridgehead atoms. The van der Waals surface area contributed by atoms with Gasteiger partial charge in [0.2, 0.25) is 5.91 Å². The van der Waals surface area contributed by atoms with Crippen LogP contribution in [-0.4, -0.2) is 19.0 Å². The van der Waals surface area contributed by atoms with Crippen LogP contribution in [0, 0.1) is 6.92 Å². The second kappa shape index (κ2) is 6.66. The molecule has 16 heavy (non-hydrogen) atoms. The molecule has 0 aliphatic heterocycles. The van der Waals surface area contributed by atoms with Gasteiger partial charge in [-0.3, -0.25) is 4.79 Å². The van der Waals surface area contributed by atoms with E-state index in [9.17, 15) is 4.79 Å². The van der Waals surface area contributed by atoms with Gasteiger partial charge >= 0.3 is 0 Å². The van der Waals surface area contributed by atoms with Crippen molar-refractivity contribution in [3.05, 3.63) is 28.2 Å². The van der Waals surface area contributed by atoms with Crippen LogP contribution in [0.3, 0.4) is 0 Å². The number of amides is 1. The van der Waals surface area contributed by atoms with Crippen molar-refractivity contribution in [3.8, 4) is 0 Å². The Labute approximate surface area is 105 Å². The molecule has 0 radical (unpaired) electrons. The Kier molecular flexibility index (Phi) is 5.49. The monoisotopic (exact) mass is 284 g/mol. The summed E-state index contributed by atoms with van der Waals surface area (Å²) in [6.07, 6.45) is 1.03. The van der Waals surface area contributed by atoms with Gasteiger partial charge in [0, 0.05) is 10.2 Å². The predicted octanol–water partition coefficient (Wildman–Crippen LogP) is 2.70. The maximum Gasteiger partial charge on any atom is 0.238 e. The van der Waals surface area contributed by atoms with E-state index in [4.69, 9.17) is 0 Å². The van der Waals surface area contributed by atoms with Crippen molar-refractivity contribution >= 4 is 27.5 Å². The summed E-state index contributed by atoms with van der Waals surface area (Å²) < 4.78 is 1.01. The Morgan fingerprint density at radius 2 is 2.19 bits per heavy atom. The standard InChI is InChI=1S/C12H17BrN2O/c1-3-7-14-8-12(16)15-11-6-4-5-10(13)9(11)2/h4-6,14H,3,7-8H2,1-2H3,(H,15,16). The Hall–Kier alpha value is -0.870. The fourth-order valence-electron chi connectivity index (χ4n) is 1.32. The molecule has 4 heteroatoms. The summed E-state index contributed by atoms with van der Waals surface area (Å²) in [5, 5.41) is 5.94. The number of anilines is 1. The van der Waals surface area contributed by atoms with E-state index < -0.39 is 0 Å². The first kappa shape index (κ1) is 13.2. The summed E-state index contributed by atoms with van der Waals surface area (Å²) in [5.74, 6) is -0.00495. The maximum atomic E-state index is 11.6. The molecular weight excluding hydrogens is 268 g/mol. The number of hydrogen-bond donors (Lipinski definition) is 2. The summed E-state index contributed by atoms with van der Waals surface area (Å²) in [6, 6.07) is 5.77. The van der Waals surface area contributed by atoms with Crippen LogP contribution in [0.5, 0.6) is 0 Å². The molecule has 0 spiro atoms. The van der Waals surface area contributed by atoms with Crippen molar-refractivity contribution in [2.45, 2.75) is 20.3 Å². The van der Waals surface area contributed by atoms with E-state index in [2.05, 4.69) is 33.5 Å². The minimum atomic E-state index is -0.00495. The molecule has 88 valence electrons. The van der Waals surface area contributed by atoms with Gasteiger partial charge in [-0.15, -0.1) is 0 Å². The third-order valence-electron chi connectivity index (χ3n) is 2.25. The zero-order valence-electron chi connectivity index (χ0n) is 9.64. The van der Waals surface area contributed by atoms with Gasteiger partial charge in [-0.1, -0.05) is 28.9 Å². The minimum absolute atomic E-state index is 0.00495. The Bertz CT molecular complexity index is 366. The first-order valence-electron chi connectivity index (χ1n) is 5.40. The molecule has 0 saturated heterocycles. The third-order valence-corrected chi connectivity index (χ3v) is 3.11. The molecule has 1 aromatic carbocycles. The van der Waals surface area contributed by atoms with Crippen LogP contribution in [0.1, 0.15) is 18.9 Å². The average Bonchev–Trinajstić information content (AvgIpc) is 2.25. The lowest BCUT2D eigenvalue weighted by molar-refractivity contribution is -0.115. The van der Waals surface area contributed by atoms with E-state index in [-0.39, 0.29) is 5.91 Å². The topological polar surface area (TPSA) is 41.1 Å². The SMILES string of the molecule is CCCNCC(=O)Nc1cccc(Br)c1C. The lowest BCUT2D eigenvalue weighted by Crippen LogP contribution is -2.28. The number of benzene rings is 1. The fraction of sp³-hybridized carbons (Fsp3) is 0.417. The van der Waals surface area contributed by atoms with Crippen molar-refractivity contribution in [2.75, 3.05) is 18.4 Å². The number of halogens is 1. The zero-order valence-corrected chi connectivity index (χ0v) is 11.2. The Morgan fingerprint density at radius 3 is 2.88 bits per heavy atom. The highest BCUT2D eigenvalue weighted by Gasteiger charge is 2.05. The summed E-state index contributed by atoms with van der Waals surface area (Å²) in [5.41, 5.74) is 1.91. The van der Waals surface area contributed by atoms with E-state index in [0.717, 1.165) is 28.7 Å². The van der Waals surface area contributed by atoms with Gasteiger partial charge in [0.15, 0.2) is 0 Å². The minimum Gasteiger partial charge on any atom is -0.325 e. The molecule has 3 nitrogen and oxygen atoms in total. The van der Waals surface area contributed by atoms with Gasteiger partial charge in [0.05, 0.1) is 6.54 Å². The van der Waals surface area contributed by atoms with Crippen LogP contribution < -0.4 is 10.6 Å². The third kappa shape index (κ3) is 3.94. The van der Waals surface area contributed by atoms with Crippen LogP contribution in [0.25, 0.3) is 0 Å². The summed E-state index contributed by atoms with van der Waals surface area (Å²) in [4.78, 5) is 11.6. The van der Waals surface area contributed by atoms with Crippen molar-refractivity contribution in [1.29, 1.82) is 0 Å². The number of hydrogen-bond acceptors (Lipinski definition) is 2. The molecule has 0 atom stereocenters. The molecule has 0 aromatic heterocycles. The Morgan fingerprint density at radius 1 is 1.44 bits per heavy atom. The smallest absolute Gasteiger partial charge is 0.238 e. The van der Waals surface area contributed by atoms with Gasteiger partial charge in [-0.25, -0.2) is 0 Å². The van der Waals surface area contributed by atoms with E-state index in [1.165, 1.54) is 0 Å². The molecule has 0 aliphatic carbocycles. The van der Waals surface area contributed by atoms with Crippen molar-refractivity contribution in [3.63, 3.8) is 0 Å². The molecular formula is C12H17BrN2O. The molecule has 0 heterocycles. The van der Waals surface area contributed by atoms with Crippen LogP contribution in [0.2, 0.25) is 0 Å². The highest BCUT2D eigenvalue weighted by atomic mass is 79.9. The number of carbonyl (C=O) groups excluding carboxylic acids is 1. The van der Waals surface area contributed by atoms with Crippen LogP contribution >= 0.6 is 15.9 Å². The average molecular weight is 285 g/mol.